The van der Waals surface area contributed by atoms with Gasteiger partial charge >= 0.3 is 0 Å². The van der Waals surface area contributed by atoms with Crippen LogP contribution in [0.15, 0.2) is 53.1 Å². The molecule has 0 spiro atoms. The Kier molecular flexibility index (Phi) is 5.83. The van der Waals surface area contributed by atoms with Crippen LogP contribution in [0.1, 0.15) is 35.2 Å². The Morgan fingerprint density at radius 2 is 1.96 bits per heavy atom. The predicted molar refractivity (Wildman–Crippen MR) is 118 cm³/mol. The summed E-state index contributed by atoms with van der Waals surface area (Å²) in [6, 6.07) is 13.7. The number of carbonyl (C=O) groups is 1. The lowest BCUT2D eigenvalue weighted by atomic mass is 10.1. The summed E-state index contributed by atoms with van der Waals surface area (Å²) in [4.78, 5) is 19.7. The number of aromatic nitrogens is 1. The molecule has 1 aromatic heterocycles. The molecule has 1 fully saturated rings. The van der Waals surface area contributed by atoms with Crippen LogP contribution in [0.25, 0.3) is 10.9 Å². The van der Waals surface area contributed by atoms with E-state index in [1.165, 1.54) is 6.42 Å². The third kappa shape index (κ3) is 4.15. The molecule has 0 radical (unpaired) electrons. The SMILES string of the molecule is O=C(c1cnc2ccc(Cl)cc2c1NCc1cccc(Br)c1)N1CCCCC1. The number of anilines is 1. The van der Waals surface area contributed by atoms with E-state index in [1.807, 2.05) is 35.2 Å². The minimum absolute atomic E-state index is 0.0332. The number of rotatable bonds is 4. The molecule has 28 heavy (non-hydrogen) atoms. The van der Waals surface area contributed by atoms with Crippen LogP contribution in [0.2, 0.25) is 5.02 Å². The summed E-state index contributed by atoms with van der Waals surface area (Å²) in [6.45, 7) is 2.21. The molecule has 4 rings (SSSR count). The van der Waals surface area contributed by atoms with Gasteiger partial charge in [-0.2, -0.15) is 0 Å². The minimum atomic E-state index is 0.0332. The summed E-state index contributed by atoms with van der Waals surface area (Å²) in [7, 11) is 0. The number of fused-ring (bicyclic) bond motifs is 1. The summed E-state index contributed by atoms with van der Waals surface area (Å²) in [5, 5.41) is 4.97. The molecule has 0 atom stereocenters. The summed E-state index contributed by atoms with van der Waals surface area (Å²) >= 11 is 9.76. The Morgan fingerprint density at radius 1 is 1.14 bits per heavy atom. The number of amides is 1. The van der Waals surface area contributed by atoms with Gasteiger partial charge in [0.1, 0.15) is 0 Å². The van der Waals surface area contributed by atoms with Gasteiger partial charge in [0.2, 0.25) is 0 Å². The van der Waals surface area contributed by atoms with Crippen LogP contribution in [0.3, 0.4) is 0 Å². The van der Waals surface area contributed by atoms with Crippen LogP contribution in [0.4, 0.5) is 5.69 Å². The summed E-state index contributed by atoms with van der Waals surface area (Å²) < 4.78 is 1.03. The van der Waals surface area contributed by atoms with E-state index in [4.69, 9.17) is 11.6 Å². The van der Waals surface area contributed by atoms with Crippen molar-refractivity contribution < 1.29 is 4.79 Å². The molecule has 0 saturated carbocycles. The van der Waals surface area contributed by atoms with E-state index in [0.29, 0.717) is 17.1 Å². The quantitative estimate of drug-likeness (QED) is 0.530. The van der Waals surface area contributed by atoms with E-state index in [9.17, 15) is 4.79 Å². The van der Waals surface area contributed by atoms with Crippen molar-refractivity contribution in [1.29, 1.82) is 0 Å². The molecular formula is C22H21BrClN3O. The lowest BCUT2D eigenvalue weighted by Gasteiger charge is -2.27. The second-order valence-corrected chi connectivity index (χ2v) is 8.40. The van der Waals surface area contributed by atoms with Crippen LogP contribution in [0, 0.1) is 0 Å². The number of halogens is 2. The summed E-state index contributed by atoms with van der Waals surface area (Å²) in [5.74, 6) is 0.0332. The van der Waals surface area contributed by atoms with Crippen molar-refractivity contribution in [2.45, 2.75) is 25.8 Å². The summed E-state index contributed by atoms with van der Waals surface area (Å²) in [5.41, 5.74) is 3.34. The number of hydrogen-bond acceptors (Lipinski definition) is 3. The number of likely N-dealkylation sites (tertiary alicyclic amines) is 1. The zero-order valence-electron chi connectivity index (χ0n) is 15.4. The zero-order chi connectivity index (χ0) is 19.5. The van der Waals surface area contributed by atoms with E-state index >= 15 is 0 Å². The molecular weight excluding hydrogens is 438 g/mol. The first-order valence-electron chi connectivity index (χ1n) is 9.48. The lowest BCUT2D eigenvalue weighted by Crippen LogP contribution is -2.36. The fourth-order valence-electron chi connectivity index (χ4n) is 3.62. The highest BCUT2D eigenvalue weighted by Crippen LogP contribution is 2.30. The van der Waals surface area contributed by atoms with E-state index < -0.39 is 0 Å². The lowest BCUT2D eigenvalue weighted by molar-refractivity contribution is 0.0725. The van der Waals surface area contributed by atoms with Gasteiger partial charge < -0.3 is 10.2 Å². The first kappa shape index (κ1) is 19.2. The normalized spacial score (nSPS) is 14.3. The van der Waals surface area contributed by atoms with Crippen molar-refractivity contribution >= 4 is 50.0 Å². The number of hydrogen-bond donors (Lipinski definition) is 1. The molecule has 0 unspecified atom stereocenters. The maximum absolute atomic E-state index is 13.2. The van der Waals surface area contributed by atoms with Crippen molar-refractivity contribution in [3.8, 4) is 0 Å². The molecule has 0 aliphatic carbocycles. The average Bonchev–Trinajstić information content (AvgIpc) is 2.72. The van der Waals surface area contributed by atoms with Gasteiger partial charge in [-0.15, -0.1) is 0 Å². The number of benzene rings is 2. The van der Waals surface area contributed by atoms with Gasteiger partial charge in [0, 0.05) is 40.7 Å². The van der Waals surface area contributed by atoms with Crippen LogP contribution in [-0.2, 0) is 6.54 Å². The van der Waals surface area contributed by atoms with Crippen LogP contribution in [0.5, 0.6) is 0 Å². The first-order chi connectivity index (χ1) is 13.6. The van der Waals surface area contributed by atoms with Gasteiger partial charge in [-0.3, -0.25) is 9.78 Å². The van der Waals surface area contributed by atoms with Gasteiger partial charge in [0.15, 0.2) is 0 Å². The van der Waals surface area contributed by atoms with E-state index in [1.54, 1.807) is 6.20 Å². The van der Waals surface area contributed by atoms with Gasteiger partial charge in [-0.25, -0.2) is 0 Å². The van der Waals surface area contributed by atoms with Crippen LogP contribution >= 0.6 is 27.5 Å². The monoisotopic (exact) mass is 457 g/mol. The zero-order valence-corrected chi connectivity index (χ0v) is 17.8. The second kappa shape index (κ2) is 8.50. The predicted octanol–water partition coefficient (Wildman–Crippen LogP) is 5.89. The molecule has 1 aliphatic rings. The fraction of sp³-hybridized carbons (Fsp3) is 0.273. The molecule has 4 nitrogen and oxygen atoms in total. The number of nitrogens with zero attached hydrogens (tertiary/aromatic N) is 2. The number of nitrogens with one attached hydrogen (secondary N) is 1. The molecule has 144 valence electrons. The third-order valence-corrected chi connectivity index (χ3v) is 5.79. The molecule has 3 aromatic rings. The van der Waals surface area contributed by atoms with E-state index in [0.717, 1.165) is 52.6 Å². The van der Waals surface area contributed by atoms with Crippen LogP contribution < -0.4 is 5.32 Å². The molecule has 2 aromatic carbocycles. The highest BCUT2D eigenvalue weighted by atomic mass is 79.9. The fourth-order valence-corrected chi connectivity index (χ4v) is 4.24. The Hall–Kier alpha value is -2.11. The Labute approximate surface area is 178 Å². The molecule has 2 heterocycles. The number of piperidine rings is 1. The smallest absolute Gasteiger partial charge is 0.257 e. The van der Waals surface area contributed by atoms with Crippen molar-refractivity contribution in [3.05, 3.63) is 69.3 Å². The third-order valence-electron chi connectivity index (χ3n) is 5.06. The van der Waals surface area contributed by atoms with Gasteiger partial charge in [-0.05, 0) is 55.2 Å². The number of carbonyl (C=O) groups excluding carboxylic acids is 1. The van der Waals surface area contributed by atoms with Crippen molar-refractivity contribution in [2.24, 2.45) is 0 Å². The van der Waals surface area contributed by atoms with Crippen LogP contribution in [-0.4, -0.2) is 28.9 Å². The maximum atomic E-state index is 13.2. The molecule has 1 saturated heterocycles. The highest BCUT2D eigenvalue weighted by molar-refractivity contribution is 9.10. The molecule has 1 amide bonds. The molecule has 1 aliphatic heterocycles. The van der Waals surface area contributed by atoms with Gasteiger partial charge in [0.25, 0.3) is 5.91 Å². The Morgan fingerprint density at radius 3 is 2.75 bits per heavy atom. The largest absolute Gasteiger partial charge is 0.380 e. The van der Waals surface area contributed by atoms with Crippen molar-refractivity contribution in [3.63, 3.8) is 0 Å². The first-order valence-corrected chi connectivity index (χ1v) is 10.6. The highest BCUT2D eigenvalue weighted by Gasteiger charge is 2.22. The van der Waals surface area contributed by atoms with Gasteiger partial charge in [-0.1, -0.05) is 39.7 Å². The maximum Gasteiger partial charge on any atom is 0.257 e. The Balaban J connectivity index is 1.73. The second-order valence-electron chi connectivity index (χ2n) is 7.04. The van der Waals surface area contributed by atoms with Crippen molar-refractivity contribution in [2.75, 3.05) is 18.4 Å². The molecule has 6 heteroatoms. The topological polar surface area (TPSA) is 45.2 Å². The molecule has 1 N–H and O–H groups in total. The van der Waals surface area contributed by atoms with E-state index in [-0.39, 0.29) is 5.91 Å². The molecule has 0 bridgehead atoms. The average molecular weight is 459 g/mol. The number of pyridine rings is 1. The van der Waals surface area contributed by atoms with E-state index in [2.05, 4.69) is 38.4 Å². The summed E-state index contributed by atoms with van der Waals surface area (Å²) in [6.07, 6.45) is 4.98. The standard InChI is InChI=1S/C22H21BrClN3O/c23-16-6-4-5-15(11-16)13-26-21-18-12-17(24)7-8-20(18)25-14-19(21)22(28)27-9-2-1-3-10-27/h4-8,11-12,14H,1-3,9-10,13H2,(H,25,26). The van der Waals surface area contributed by atoms with Crippen molar-refractivity contribution in [1.82, 2.24) is 9.88 Å². The van der Waals surface area contributed by atoms with Gasteiger partial charge in [0.05, 0.1) is 16.8 Å². The Bertz CT molecular complexity index is 1020. The minimum Gasteiger partial charge on any atom is -0.380 e.